The zero-order valence-corrected chi connectivity index (χ0v) is 8.46. The molecule has 1 aromatic heterocycles. The Balaban J connectivity index is 2.56. The summed E-state index contributed by atoms with van der Waals surface area (Å²) in [6.07, 6.45) is 1.82. The SMILES string of the molecule is CNc1cc(CNC(C)C)ccn1. The monoisotopic (exact) mass is 179 g/mol. The molecule has 2 N–H and O–H groups in total. The maximum atomic E-state index is 4.15. The van der Waals surface area contributed by atoms with E-state index in [9.17, 15) is 0 Å². The summed E-state index contributed by atoms with van der Waals surface area (Å²) in [5.74, 6) is 0.919. The molecule has 0 aliphatic carbocycles. The van der Waals surface area contributed by atoms with Gasteiger partial charge in [0.05, 0.1) is 0 Å². The lowest BCUT2D eigenvalue weighted by molar-refractivity contribution is 0.588. The first-order valence-electron chi connectivity index (χ1n) is 4.58. The Labute approximate surface area is 79.6 Å². The maximum Gasteiger partial charge on any atom is 0.125 e. The van der Waals surface area contributed by atoms with Gasteiger partial charge in [0.1, 0.15) is 5.82 Å². The smallest absolute Gasteiger partial charge is 0.125 e. The van der Waals surface area contributed by atoms with Gasteiger partial charge in [0, 0.05) is 25.8 Å². The molecule has 1 heterocycles. The molecule has 0 aromatic carbocycles. The summed E-state index contributed by atoms with van der Waals surface area (Å²) in [6.45, 7) is 5.18. The van der Waals surface area contributed by atoms with Gasteiger partial charge in [-0.05, 0) is 17.7 Å². The molecule has 13 heavy (non-hydrogen) atoms. The second-order valence-electron chi connectivity index (χ2n) is 3.33. The van der Waals surface area contributed by atoms with E-state index in [1.807, 2.05) is 19.3 Å². The van der Waals surface area contributed by atoms with E-state index in [4.69, 9.17) is 0 Å². The summed E-state index contributed by atoms with van der Waals surface area (Å²) in [5, 5.41) is 6.37. The third-order valence-electron chi connectivity index (χ3n) is 1.79. The normalized spacial score (nSPS) is 10.5. The Kier molecular flexibility index (Phi) is 3.71. The second kappa shape index (κ2) is 4.82. The Hall–Kier alpha value is -1.09. The minimum Gasteiger partial charge on any atom is -0.373 e. The molecule has 0 unspecified atom stereocenters. The van der Waals surface area contributed by atoms with E-state index in [2.05, 4.69) is 35.5 Å². The average molecular weight is 179 g/mol. The largest absolute Gasteiger partial charge is 0.373 e. The van der Waals surface area contributed by atoms with Gasteiger partial charge < -0.3 is 10.6 Å². The van der Waals surface area contributed by atoms with Gasteiger partial charge in [-0.15, -0.1) is 0 Å². The predicted molar refractivity (Wildman–Crippen MR) is 55.8 cm³/mol. The molecule has 1 aromatic rings. The number of rotatable bonds is 4. The van der Waals surface area contributed by atoms with Gasteiger partial charge in [-0.25, -0.2) is 4.98 Å². The zero-order chi connectivity index (χ0) is 9.68. The first-order chi connectivity index (χ1) is 6.22. The van der Waals surface area contributed by atoms with E-state index in [0.29, 0.717) is 6.04 Å². The Bertz CT molecular complexity index is 258. The van der Waals surface area contributed by atoms with Crippen molar-refractivity contribution in [1.82, 2.24) is 10.3 Å². The molecular weight excluding hydrogens is 162 g/mol. The fourth-order valence-electron chi connectivity index (χ4n) is 1.04. The summed E-state index contributed by atoms with van der Waals surface area (Å²) in [7, 11) is 1.88. The molecule has 0 amide bonds. The molecule has 1 rings (SSSR count). The standard InChI is InChI=1S/C10H17N3/c1-8(2)13-7-9-4-5-12-10(6-9)11-3/h4-6,8,13H,7H2,1-3H3,(H,11,12). The lowest BCUT2D eigenvalue weighted by Gasteiger charge is -2.08. The van der Waals surface area contributed by atoms with Crippen molar-refractivity contribution in [2.45, 2.75) is 26.4 Å². The van der Waals surface area contributed by atoms with Crippen LogP contribution in [-0.2, 0) is 6.54 Å². The summed E-state index contributed by atoms with van der Waals surface area (Å²) >= 11 is 0. The molecular formula is C10H17N3. The molecule has 0 bridgehead atoms. The highest BCUT2D eigenvalue weighted by atomic mass is 14.9. The highest BCUT2D eigenvalue weighted by Gasteiger charge is 1.96. The van der Waals surface area contributed by atoms with Gasteiger partial charge in [-0.1, -0.05) is 13.8 Å². The number of nitrogens with one attached hydrogen (secondary N) is 2. The number of aromatic nitrogens is 1. The maximum absolute atomic E-state index is 4.15. The van der Waals surface area contributed by atoms with Crippen LogP contribution in [0.3, 0.4) is 0 Å². The van der Waals surface area contributed by atoms with E-state index < -0.39 is 0 Å². The topological polar surface area (TPSA) is 37.0 Å². The van der Waals surface area contributed by atoms with Crippen LogP contribution in [0.4, 0.5) is 5.82 Å². The number of hydrogen-bond donors (Lipinski definition) is 2. The zero-order valence-electron chi connectivity index (χ0n) is 8.46. The number of pyridine rings is 1. The molecule has 3 heteroatoms. The molecule has 72 valence electrons. The van der Waals surface area contributed by atoms with Gasteiger partial charge in [-0.3, -0.25) is 0 Å². The number of anilines is 1. The minimum absolute atomic E-state index is 0.520. The molecule has 0 aliphatic rings. The van der Waals surface area contributed by atoms with E-state index >= 15 is 0 Å². The Morgan fingerprint density at radius 3 is 2.85 bits per heavy atom. The Morgan fingerprint density at radius 2 is 2.23 bits per heavy atom. The quantitative estimate of drug-likeness (QED) is 0.737. The summed E-state index contributed by atoms with van der Waals surface area (Å²) in [4.78, 5) is 4.15. The molecule has 0 atom stereocenters. The molecule has 0 fully saturated rings. The average Bonchev–Trinajstić information content (AvgIpc) is 2.15. The second-order valence-corrected chi connectivity index (χ2v) is 3.33. The van der Waals surface area contributed by atoms with Crippen LogP contribution in [0, 0.1) is 0 Å². The van der Waals surface area contributed by atoms with Crippen molar-refractivity contribution in [3.05, 3.63) is 23.9 Å². The van der Waals surface area contributed by atoms with Crippen molar-refractivity contribution >= 4 is 5.82 Å². The number of hydrogen-bond acceptors (Lipinski definition) is 3. The van der Waals surface area contributed by atoms with Gasteiger partial charge >= 0.3 is 0 Å². The van der Waals surface area contributed by atoms with Crippen LogP contribution in [0.15, 0.2) is 18.3 Å². The van der Waals surface area contributed by atoms with Crippen molar-refractivity contribution in [3.8, 4) is 0 Å². The van der Waals surface area contributed by atoms with Crippen LogP contribution in [0.2, 0.25) is 0 Å². The number of nitrogens with zero attached hydrogens (tertiary/aromatic N) is 1. The van der Waals surface area contributed by atoms with Crippen LogP contribution in [-0.4, -0.2) is 18.1 Å². The predicted octanol–water partition coefficient (Wildman–Crippen LogP) is 1.62. The summed E-state index contributed by atoms with van der Waals surface area (Å²) < 4.78 is 0. The van der Waals surface area contributed by atoms with E-state index in [-0.39, 0.29) is 0 Å². The van der Waals surface area contributed by atoms with Crippen molar-refractivity contribution in [1.29, 1.82) is 0 Å². The third-order valence-corrected chi connectivity index (χ3v) is 1.79. The van der Waals surface area contributed by atoms with Gasteiger partial charge in [0.15, 0.2) is 0 Å². The summed E-state index contributed by atoms with van der Waals surface area (Å²) in [5.41, 5.74) is 1.26. The molecule has 0 saturated heterocycles. The summed E-state index contributed by atoms with van der Waals surface area (Å²) in [6, 6.07) is 4.59. The molecule has 3 nitrogen and oxygen atoms in total. The van der Waals surface area contributed by atoms with Crippen LogP contribution in [0.5, 0.6) is 0 Å². The lowest BCUT2D eigenvalue weighted by Crippen LogP contribution is -2.21. The Morgan fingerprint density at radius 1 is 1.46 bits per heavy atom. The van der Waals surface area contributed by atoms with E-state index in [0.717, 1.165) is 12.4 Å². The van der Waals surface area contributed by atoms with E-state index in [1.54, 1.807) is 0 Å². The van der Waals surface area contributed by atoms with Crippen molar-refractivity contribution in [2.75, 3.05) is 12.4 Å². The van der Waals surface area contributed by atoms with Gasteiger partial charge in [-0.2, -0.15) is 0 Å². The van der Waals surface area contributed by atoms with Gasteiger partial charge in [0.25, 0.3) is 0 Å². The van der Waals surface area contributed by atoms with Crippen molar-refractivity contribution < 1.29 is 0 Å². The lowest BCUT2D eigenvalue weighted by atomic mass is 10.2. The van der Waals surface area contributed by atoms with Crippen LogP contribution in [0.1, 0.15) is 19.4 Å². The highest BCUT2D eigenvalue weighted by molar-refractivity contribution is 5.36. The van der Waals surface area contributed by atoms with Crippen LogP contribution >= 0.6 is 0 Å². The molecule has 0 radical (unpaired) electrons. The molecule has 0 aliphatic heterocycles. The first-order valence-corrected chi connectivity index (χ1v) is 4.58. The van der Waals surface area contributed by atoms with Crippen LogP contribution < -0.4 is 10.6 Å². The first kappa shape index (κ1) is 9.99. The highest BCUT2D eigenvalue weighted by Crippen LogP contribution is 2.05. The van der Waals surface area contributed by atoms with Gasteiger partial charge in [0.2, 0.25) is 0 Å². The fraction of sp³-hybridized carbons (Fsp3) is 0.500. The molecule has 0 saturated carbocycles. The fourth-order valence-corrected chi connectivity index (χ4v) is 1.04. The third kappa shape index (κ3) is 3.42. The van der Waals surface area contributed by atoms with Crippen molar-refractivity contribution in [2.24, 2.45) is 0 Å². The van der Waals surface area contributed by atoms with Crippen molar-refractivity contribution in [3.63, 3.8) is 0 Å². The molecule has 0 spiro atoms. The van der Waals surface area contributed by atoms with Crippen LogP contribution in [0.25, 0.3) is 0 Å². The minimum atomic E-state index is 0.520. The van der Waals surface area contributed by atoms with E-state index in [1.165, 1.54) is 5.56 Å².